The molecule has 0 saturated carbocycles. The topological polar surface area (TPSA) is 95.6 Å². The number of hydrogen-bond acceptors (Lipinski definition) is 6. The number of amides is 2. The highest BCUT2D eigenvalue weighted by molar-refractivity contribution is 6.01. The zero-order valence-corrected chi connectivity index (χ0v) is 18.8. The van der Waals surface area contributed by atoms with E-state index in [9.17, 15) is 13.6 Å². The number of benzene rings is 2. The van der Waals surface area contributed by atoms with Crippen LogP contribution in [0.4, 0.5) is 25.0 Å². The van der Waals surface area contributed by atoms with Crippen LogP contribution in [-0.2, 0) is 0 Å². The molecular formula is C24H22F2N6O3. The molecule has 0 unspecified atom stereocenters. The lowest BCUT2D eigenvalue weighted by Crippen LogP contribution is -2.50. The maximum absolute atomic E-state index is 13.9. The number of methoxy groups -OCH3 is 1. The number of halogens is 2. The average Bonchev–Trinajstić information content (AvgIpc) is 3.27. The van der Waals surface area contributed by atoms with Gasteiger partial charge in [0.25, 0.3) is 11.8 Å². The molecule has 2 aromatic heterocycles. The minimum Gasteiger partial charge on any atom is -0.477 e. The molecule has 0 atom stereocenters. The first-order valence-corrected chi connectivity index (χ1v) is 10.9. The molecule has 2 amide bonds. The van der Waals surface area contributed by atoms with E-state index in [0.717, 1.165) is 11.8 Å². The largest absolute Gasteiger partial charge is 0.477 e. The Morgan fingerprint density at radius 3 is 2.46 bits per heavy atom. The molecule has 4 aromatic rings. The fraction of sp³-hybridized carbons (Fsp3) is 0.208. The average molecular weight is 480 g/mol. The van der Waals surface area contributed by atoms with E-state index in [1.165, 1.54) is 31.8 Å². The Balaban J connectivity index is 1.18. The zero-order valence-electron chi connectivity index (χ0n) is 18.8. The highest BCUT2D eigenvalue weighted by Gasteiger charge is 2.22. The quantitative estimate of drug-likeness (QED) is 0.440. The van der Waals surface area contributed by atoms with Crippen LogP contribution < -0.4 is 19.7 Å². The van der Waals surface area contributed by atoms with Gasteiger partial charge in [-0.1, -0.05) is 0 Å². The standard InChI is InChI=1S/C24H22F2N6O3/c1-34-22-23(28-7-6-27-22)35-17-4-2-16(3-5-17)31-8-10-32(11-9-31)24(33)30-20-14-29-21-18(20)12-15(25)13-19(21)26/h2-7,12-14,29H,8-11H2,1H3,(H,30,33). The fourth-order valence-electron chi connectivity index (χ4n) is 3.98. The molecule has 0 radical (unpaired) electrons. The van der Waals surface area contributed by atoms with Crippen molar-refractivity contribution in [1.29, 1.82) is 0 Å². The molecule has 1 aliphatic rings. The van der Waals surface area contributed by atoms with E-state index >= 15 is 0 Å². The van der Waals surface area contributed by atoms with Crippen LogP contribution in [0.1, 0.15) is 0 Å². The van der Waals surface area contributed by atoms with Gasteiger partial charge in [-0.05, 0) is 30.3 Å². The Morgan fingerprint density at radius 2 is 1.74 bits per heavy atom. The predicted octanol–water partition coefficient (Wildman–Crippen LogP) is 4.39. The van der Waals surface area contributed by atoms with Gasteiger partial charge in [-0.15, -0.1) is 0 Å². The summed E-state index contributed by atoms with van der Waals surface area (Å²) in [7, 11) is 1.50. The number of anilines is 2. The second kappa shape index (κ2) is 9.45. The molecule has 2 N–H and O–H groups in total. The van der Waals surface area contributed by atoms with Crippen LogP contribution in [0.2, 0.25) is 0 Å². The number of ether oxygens (including phenoxy) is 2. The predicted molar refractivity (Wildman–Crippen MR) is 126 cm³/mol. The summed E-state index contributed by atoms with van der Waals surface area (Å²) in [5.74, 6) is -0.235. The van der Waals surface area contributed by atoms with Gasteiger partial charge >= 0.3 is 6.03 Å². The van der Waals surface area contributed by atoms with Crippen molar-refractivity contribution in [3.63, 3.8) is 0 Å². The van der Waals surface area contributed by atoms with Gasteiger partial charge in [0, 0.05) is 61.9 Å². The van der Waals surface area contributed by atoms with E-state index in [2.05, 4.69) is 25.2 Å². The lowest BCUT2D eigenvalue weighted by molar-refractivity contribution is 0.208. The lowest BCUT2D eigenvalue weighted by Gasteiger charge is -2.36. The van der Waals surface area contributed by atoms with Crippen molar-refractivity contribution >= 4 is 28.3 Å². The van der Waals surface area contributed by atoms with Crippen LogP contribution in [0.3, 0.4) is 0 Å². The van der Waals surface area contributed by atoms with Gasteiger partial charge in [-0.25, -0.2) is 23.5 Å². The van der Waals surface area contributed by atoms with E-state index < -0.39 is 11.6 Å². The van der Waals surface area contributed by atoms with Crippen molar-refractivity contribution in [2.75, 3.05) is 43.5 Å². The monoisotopic (exact) mass is 480 g/mol. The second-order valence-corrected chi connectivity index (χ2v) is 7.88. The first-order chi connectivity index (χ1) is 17.0. The van der Waals surface area contributed by atoms with Crippen LogP contribution >= 0.6 is 0 Å². The Bertz CT molecular complexity index is 1350. The number of aromatic amines is 1. The van der Waals surface area contributed by atoms with Crippen LogP contribution in [-0.4, -0.2) is 59.2 Å². The van der Waals surface area contributed by atoms with Gasteiger partial charge in [0.2, 0.25) is 0 Å². The summed E-state index contributed by atoms with van der Waals surface area (Å²) < 4.78 is 38.4. The molecule has 0 aliphatic carbocycles. The van der Waals surface area contributed by atoms with E-state index in [1.54, 1.807) is 4.90 Å². The van der Waals surface area contributed by atoms with Crippen molar-refractivity contribution in [3.8, 4) is 17.5 Å². The van der Waals surface area contributed by atoms with Crippen LogP contribution in [0.5, 0.6) is 17.5 Å². The number of carbonyl (C=O) groups excluding carboxylic acids is 1. The fourth-order valence-corrected chi connectivity index (χ4v) is 3.98. The van der Waals surface area contributed by atoms with Crippen molar-refractivity contribution in [1.82, 2.24) is 19.9 Å². The van der Waals surface area contributed by atoms with Crippen molar-refractivity contribution in [2.24, 2.45) is 0 Å². The van der Waals surface area contributed by atoms with E-state index in [1.807, 2.05) is 24.3 Å². The van der Waals surface area contributed by atoms with Crippen molar-refractivity contribution < 1.29 is 23.0 Å². The lowest BCUT2D eigenvalue weighted by atomic mass is 10.2. The smallest absolute Gasteiger partial charge is 0.322 e. The molecule has 180 valence electrons. The molecular weight excluding hydrogens is 458 g/mol. The van der Waals surface area contributed by atoms with Crippen LogP contribution in [0.25, 0.3) is 10.9 Å². The number of piperazine rings is 1. The molecule has 1 aliphatic heterocycles. The van der Waals surface area contributed by atoms with Gasteiger partial charge in [0.1, 0.15) is 17.4 Å². The van der Waals surface area contributed by atoms with Gasteiger partial charge in [0.15, 0.2) is 0 Å². The summed E-state index contributed by atoms with van der Waals surface area (Å²) in [5.41, 5.74) is 1.48. The molecule has 2 aromatic carbocycles. The number of nitrogens with zero attached hydrogens (tertiary/aromatic N) is 4. The highest BCUT2D eigenvalue weighted by atomic mass is 19.1. The molecule has 11 heteroatoms. The van der Waals surface area contributed by atoms with Gasteiger partial charge < -0.3 is 29.6 Å². The normalized spacial score (nSPS) is 13.7. The Hall–Kier alpha value is -4.41. The number of fused-ring (bicyclic) bond motifs is 1. The molecule has 0 spiro atoms. The zero-order chi connectivity index (χ0) is 24.4. The van der Waals surface area contributed by atoms with E-state index in [-0.39, 0.29) is 22.8 Å². The molecule has 0 bridgehead atoms. The summed E-state index contributed by atoms with van der Waals surface area (Å²) in [5, 5.41) is 3.04. The first-order valence-electron chi connectivity index (χ1n) is 10.9. The van der Waals surface area contributed by atoms with E-state index in [0.29, 0.717) is 43.5 Å². The number of hydrogen-bond donors (Lipinski definition) is 2. The van der Waals surface area contributed by atoms with Crippen molar-refractivity contribution in [2.45, 2.75) is 0 Å². The van der Waals surface area contributed by atoms with E-state index in [4.69, 9.17) is 9.47 Å². The maximum Gasteiger partial charge on any atom is 0.322 e. The Morgan fingerprint density at radius 1 is 1.03 bits per heavy atom. The second-order valence-electron chi connectivity index (χ2n) is 7.88. The summed E-state index contributed by atoms with van der Waals surface area (Å²) in [4.78, 5) is 27.5. The highest BCUT2D eigenvalue weighted by Crippen LogP contribution is 2.29. The van der Waals surface area contributed by atoms with Crippen molar-refractivity contribution in [3.05, 3.63) is 66.6 Å². The van der Waals surface area contributed by atoms with Gasteiger partial charge in [-0.3, -0.25) is 0 Å². The van der Waals surface area contributed by atoms with Gasteiger partial charge in [0.05, 0.1) is 18.3 Å². The molecule has 3 heterocycles. The number of urea groups is 1. The summed E-state index contributed by atoms with van der Waals surface area (Å²) in [6, 6.07) is 9.20. The molecule has 9 nitrogen and oxygen atoms in total. The SMILES string of the molecule is COc1nccnc1Oc1ccc(N2CCN(C(=O)Nc3c[nH]c4c(F)cc(F)cc34)CC2)cc1. The van der Waals surface area contributed by atoms with Gasteiger partial charge in [-0.2, -0.15) is 0 Å². The number of aromatic nitrogens is 3. The number of carbonyl (C=O) groups is 1. The molecule has 1 saturated heterocycles. The molecule has 1 fully saturated rings. The van der Waals surface area contributed by atoms with Crippen LogP contribution in [0.15, 0.2) is 55.0 Å². The third kappa shape index (κ3) is 4.65. The Kier molecular flexibility index (Phi) is 6.04. The molecule has 35 heavy (non-hydrogen) atoms. The minimum atomic E-state index is -0.707. The summed E-state index contributed by atoms with van der Waals surface area (Å²) >= 11 is 0. The maximum atomic E-state index is 13.9. The first kappa shape index (κ1) is 22.4. The number of rotatable bonds is 5. The third-order valence-electron chi connectivity index (χ3n) is 5.76. The third-order valence-corrected chi connectivity index (χ3v) is 5.76. The summed E-state index contributed by atoms with van der Waals surface area (Å²) in [6.07, 6.45) is 4.51. The number of H-pyrrole nitrogens is 1. The minimum absolute atomic E-state index is 0.150. The Labute approximate surface area is 199 Å². The number of nitrogens with one attached hydrogen (secondary N) is 2. The summed E-state index contributed by atoms with van der Waals surface area (Å²) in [6.45, 7) is 2.24. The molecule has 5 rings (SSSR count). The van der Waals surface area contributed by atoms with Crippen LogP contribution in [0, 0.1) is 11.6 Å².